The van der Waals surface area contributed by atoms with Crippen molar-refractivity contribution in [2.75, 3.05) is 5.33 Å². The molecule has 1 N–H and O–H groups in total. The third-order valence-electron chi connectivity index (χ3n) is 4.11. The van der Waals surface area contributed by atoms with Crippen molar-refractivity contribution in [3.05, 3.63) is 35.7 Å². The zero-order valence-corrected chi connectivity index (χ0v) is 12.6. The number of allylic oxidation sites excluding steroid dienone is 1. The van der Waals surface area contributed by atoms with Gasteiger partial charge in [-0.15, -0.1) is 0 Å². The second-order valence-corrected chi connectivity index (χ2v) is 5.89. The van der Waals surface area contributed by atoms with Gasteiger partial charge in [-0.2, -0.15) is 0 Å². The van der Waals surface area contributed by atoms with E-state index in [-0.39, 0.29) is 0 Å². The highest BCUT2D eigenvalue weighted by atomic mass is 79.9. The minimum Gasteiger partial charge on any atom is -0.346 e. The van der Waals surface area contributed by atoms with Crippen molar-refractivity contribution < 1.29 is 0 Å². The lowest BCUT2D eigenvalue weighted by Gasteiger charge is -2.23. The Labute approximate surface area is 122 Å². The van der Waals surface area contributed by atoms with Crippen molar-refractivity contribution >= 4 is 33.0 Å². The molecule has 0 atom stereocenters. The van der Waals surface area contributed by atoms with Crippen LogP contribution in [0.1, 0.15) is 37.7 Å². The molecular weight excluding hydrogens is 300 g/mol. The van der Waals surface area contributed by atoms with E-state index in [9.17, 15) is 0 Å². The maximum absolute atomic E-state index is 4.35. The maximum Gasteiger partial charge on any atom is 0.137 e. The number of halogens is 1. The summed E-state index contributed by atoms with van der Waals surface area (Å²) in [5.74, 6) is 0.759. The second-order valence-electron chi connectivity index (χ2n) is 5.33. The Morgan fingerprint density at radius 1 is 1.37 bits per heavy atom. The number of fused-ring (bicyclic) bond motifs is 1. The van der Waals surface area contributed by atoms with Crippen LogP contribution in [0, 0.1) is 5.92 Å². The topological polar surface area (TPSA) is 28.7 Å². The zero-order chi connectivity index (χ0) is 13.1. The molecule has 3 rings (SSSR count). The van der Waals surface area contributed by atoms with E-state index in [1.807, 2.05) is 12.3 Å². The van der Waals surface area contributed by atoms with Gasteiger partial charge in [-0.3, -0.25) is 0 Å². The first-order valence-corrected chi connectivity index (χ1v) is 8.19. The number of hydrogen-bond donors (Lipinski definition) is 1. The zero-order valence-electron chi connectivity index (χ0n) is 11.0. The quantitative estimate of drug-likeness (QED) is 0.799. The van der Waals surface area contributed by atoms with Gasteiger partial charge in [0.25, 0.3) is 0 Å². The number of H-pyrrole nitrogens is 1. The molecule has 0 aliphatic heterocycles. The van der Waals surface area contributed by atoms with E-state index in [1.54, 1.807) is 0 Å². The third-order valence-corrected chi connectivity index (χ3v) is 4.76. The van der Waals surface area contributed by atoms with E-state index >= 15 is 0 Å². The summed E-state index contributed by atoms with van der Waals surface area (Å²) in [6.07, 6.45) is 13.1. The molecule has 100 valence electrons. The molecular formula is C16H19BrN2. The summed E-state index contributed by atoms with van der Waals surface area (Å²) in [7, 11) is 0. The normalized spacial score (nSPS) is 18.1. The van der Waals surface area contributed by atoms with Gasteiger partial charge in [0.1, 0.15) is 5.65 Å². The van der Waals surface area contributed by atoms with Crippen LogP contribution in [-0.4, -0.2) is 15.3 Å². The Kier molecular flexibility index (Phi) is 4.02. The highest BCUT2D eigenvalue weighted by Gasteiger charge is 2.17. The Balaban J connectivity index is 1.93. The lowest BCUT2D eigenvalue weighted by Crippen LogP contribution is -2.09. The summed E-state index contributed by atoms with van der Waals surface area (Å²) in [6, 6.07) is 4.14. The molecule has 1 aliphatic rings. The van der Waals surface area contributed by atoms with E-state index in [0.717, 1.165) is 16.9 Å². The van der Waals surface area contributed by atoms with Crippen molar-refractivity contribution in [1.29, 1.82) is 0 Å². The number of rotatable bonds is 3. The molecule has 1 fully saturated rings. The first kappa shape index (κ1) is 12.9. The van der Waals surface area contributed by atoms with Gasteiger partial charge in [0.2, 0.25) is 0 Å². The molecule has 0 spiro atoms. The van der Waals surface area contributed by atoms with Crippen LogP contribution in [0.4, 0.5) is 0 Å². The van der Waals surface area contributed by atoms with Crippen LogP contribution in [0.3, 0.4) is 0 Å². The maximum atomic E-state index is 4.35. The SMILES string of the molecule is BrCC(=Cc1c[nH]c2ncccc12)C1CCCCC1. The number of nitrogens with zero attached hydrogens (tertiary/aromatic N) is 1. The number of aromatic amines is 1. The molecule has 2 nitrogen and oxygen atoms in total. The molecule has 2 aromatic rings. The van der Waals surface area contributed by atoms with Crippen molar-refractivity contribution in [3.8, 4) is 0 Å². The number of alkyl halides is 1. The summed E-state index contributed by atoms with van der Waals surface area (Å²) in [5.41, 5.74) is 3.78. The van der Waals surface area contributed by atoms with Crippen LogP contribution in [0.25, 0.3) is 17.1 Å². The number of pyridine rings is 1. The first-order valence-electron chi connectivity index (χ1n) is 7.07. The van der Waals surface area contributed by atoms with Gasteiger partial charge in [-0.1, -0.05) is 46.8 Å². The van der Waals surface area contributed by atoms with Gasteiger partial charge in [0, 0.05) is 28.7 Å². The fourth-order valence-electron chi connectivity index (χ4n) is 3.04. The predicted molar refractivity (Wildman–Crippen MR) is 84.4 cm³/mol. The highest BCUT2D eigenvalue weighted by molar-refractivity contribution is 9.09. The van der Waals surface area contributed by atoms with Gasteiger partial charge in [0.05, 0.1) is 0 Å². The predicted octanol–water partition coefficient (Wildman–Crippen LogP) is 4.92. The molecule has 1 aliphatic carbocycles. The average Bonchev–Trinajstić information content (AvgIpc) is 2.89. The standard InChI is InChI=1S/C16H19BrN2/c17-10-13(12-5-2-1-3-6-12)9-14-11-19-16-15(14)7-4-8-18-16/h4,7-9,11-12H,1-3,5-6,10H2,(H,18,19). The monoisotopic (exact) mass is 318 g/mol. The van der Waals surface area contributed by atoms with Crippen molar-refractivity contribution in [1.82, 2.24) is 9.97 Å². The Hall–Kier alpha value is -1.09. The fourth-order valence-corrected chi connectivity index (χ4v) is 3.65. The molecule has 0 aromatic carbocycles. The Morgan fingerprint density at radius 2 is 2.21 bits per heavy atom. The molecule has 3 heteroatoms. The van der Waals surface area contributed by atoms with E-state index in [1.165, 1.54) is 48.6 Å². The van der Waals surface area contributed by atoms with Crippen molar-refractivity contribution in [2.24, 2.45) is 5.92 Å². The minimum absolute atomic E-state index is 0.759. The van der Waals surface area contributed by atoms with Gasteiger partial charge in [-0.05, 0) is 30.9 Å². The van der Waals surface area contributed by atoms with Gasteiger partial charge < -0.3 is 4.98 Å². The van der Waals surface area contributed by atoms with Crippen molar-refractivity contribution in [3.63, 3.8) is 0 Å². The average molecular weight is 319 g/mol. The summed E-state index contributed by atoms with van der Waals surface area (Å²) < 4.78 is 0. The van der Waals surface area contributed by atoms with Crippen LogP contribution in [0.5, 0.6) is 0 Å². The second kappa shape index (κ2) is 5.91. The molecule has 0 radical (unpaired) electrons. The lowest BCUT2D eigenvalue weighted by molar-refractivity contribution is 0.405. The van der Waals surface area contributed by atoms with E-state index < -0.39 is 0 Å². The largest absolute Gasteiger partial charge is 0.346 e. The van der Waals surface area contributed by atoms with E-state index in [4.69, 9.17) is 0 Å². The van der Waals surface area contributed by atoms with Crippen LogP contribution in [-0.2, 0) is 0 Å². The number of aromatic nitrogens is 2. The van der Waals surface area contributed by atoms with Crippen LogP contribution in [0.15, 0.2) is 30.1 Å². The molecule has 0 unspecified atom stereocenters. The number of nitrogens with one attached hydrogen (secondary N) is 1. The van der Waals surface area contributed by atoms with Gasteiger partial charge in [0.15, 0.2) is 0 Å². The highest BCUT2D eigenvalue weighted by Crippen LogP contribution is 2.32. The molecule has 0 saturated heterocycles. The van der Waals surface area contributed by atoms with Crippen molar-refractivity contribution in [2.45, 2.75) is 32.1 Å². The van der Waals surface area contributed by atoms with Crippen LogP contribution < -0.4 is 0 Å². The summed E-state index contributed by atoms with van der Waals surface area (Å²) in [5, 5.41) is 2.20. The van der Waals surface area contributed by atoms with E-state index in [0.29, 0.717) is 0 Å². The fraction of sp³-hybridized carbons (Fsp3) is 0.438. The Bertz CT molecular complexity index is 579. The molecule has 0 bridgehead atoms. The third kappa shape index (κ3) is 2.76. The summed E-state index contributed by atoms with van der Waals surface area (Å²) in [4.78, 5) is 7.60. The van der Waals surface area contributed by atoms with Gasteiger partial charge in [-0.25, -0.2) is 4.98 Å². The molecule has 2 heterocycles. The van der Waals surface area contributed by atoms with Crippen LogP contribution >= 0.6 is 15.9 Å². The summed E-state index contributed by atoms with van der Waals surface area (Å²) in [6.45, 7) is 0. The molecule has 19 heavy (non-hydrogen) atoms. The molecule has 2 aromatic heterocycles. The number of hydrogen-bond acceptors (Lipinski definition) is 1. The molecule has 1 saturated carbocycles. The van der Waals surface area contributed by atoms with Gasteiger partial charge >= 0.3 is 0 Å². The smallest absolute Gasteiger partial charge is 0.137 e. The Morgan fingerprint density at radius 3 is 3.00 bits per heavy atom. The first-order chi connectivity index (χ1) is 9.38. The minimum atomic E-state index is 0.759. The van der Waals surface area contributed by atoms with E-state index in [2.05, 4.69) is 44.2 Å². The summed E-state index contributed by atoms with van der Waals surface area (Å²) >= 11 is 3.67. The lowest BCUT2D eigenvalue weighted by atomic mass is 9.84. The molecule has 0 amide bonds. The van der Waals surface area contributed by atoms with Crippen LogP contribution in [0.2, 0.25) is 0 Å².